The summed E-state index contributed by atoms with van der Waals surface area (Å²) in [5, 5.41) is 5.03. The molecule has 0 saturated heterocycles. The van der Waals surface area contributed by atoms with Crippen molar-refractivity contribution in [3.05, 3.63) is 11.1 Å². The van der Waals surface area contributed by atoms with Crippen LogP contribution in [0.25, 0.3) is 0 Å². The average molecular weight is 253 g/mol. The lowest BCUT2D eigenvalue weighted by Gasteiger charge is -2.08. The molecular weight excluding hydrogens is 234 g/mol. The molecule has 0 unspecified atom stereocenters. The van der Waals surface area contributed by atoms with Gasteiger partial charge in [0.05, 0.1) is 0 Å². The van der Waals surface area contributed by atoms with E-state index in [-0.39, 0.29) is 5.91 Å². The van der Waals surface area contributed by atoms with Crippen LogP contribution in [0.15, 0.2) is 5.38 Å². The van der Waals surface area contributed by atoms with Crippen LogP contribution in [0.4, 0.5) is 5.13 Å². The third-order valence-corrected chi connectivity index (χ3v) is 3.98. The van der Waals surface area contributed by atoms with Crippen LogP contribution < -0.4 is 11.1 Å². The average Bonchev–Trinajstić information content (AvgIpc) is 2.95. The lowest BCUT2D eigenvalue weighted by Crippen LogP contribution is -2.25. The number of nitrogen functional groups attached to an aromatic ring is 1. The number of hydrogen-bond donors (Lipinski definition) is 2. The smallest absolute Gasteiger partial charge is 0.270 e. The summed E-state index contributed by atoms with van der Waals surface area (Å²) >= 11 is 1.30. The summed E-state index contributed by atoms with van der Waals surface area (Å²) in [5.41, 5.74) is 5.92. The van der Waals surface area contributed by atoms with E-state index in [0.29, 0.717) is 10.8 Å². The zero-order valence-electron chi connectivity index (χ0n) is 9.95. The molecule has 4 nitrogen and oxygen atoms in total. The van der Waals surface area contributed by atoms with Crippen molar-refractivity contribution >= 4 is 22.4 Å². The number of carbonyl (C=O) groups excluding carboxylic acids is 1. The van der Waals surface area contributed by atoms with E-state index in [1.165, 1.54) is 43.4 Å². The Balaban J connectivity index is 1.63. The second-order valence-electron chi connectivity index (χ2n) is 4.62. The predicted octanol–water partition coefficient (Wildman–Crippen LogP) is 2.43. The third kappa shape index (κ3) is 3.70. The highest BCUT2D eigenvalue weighted by Crippen LogP contribution is 2.28. The van der Waals surface area contributed by atoms with Gasteiger partial charge in [0, 0.05) is 11.9 Å². The molecule has 0 atom stereocenters. The maximum absolute atomic E-state index is 11.6. The number of anilines is 1. The van der Waals surface area contributed by atoms with Crippen molar-refractivity contribution in [2.45, 2.75) is 38.5 Å². The van der Waals surface area contributed by atoms with Gasteiger partial charge < -0.3 is 11.1 Å². The van der Waals surface area contributed by atoms with Crippen LogP contribution in [0, 0.1) is 5.92 Å². The molecule has 0 radical (unpaired) electrons. The first-order chi connectivity index (χ1) is 8.25. The van der Waals surface area contributed by atoms with Gasteiger partial charge in [0.15, 0.2) is 5.13 Å². The van der Waals surface area contributed by atoms with E-state index in [0.717, 1.165) is 18.9 Å². The molecule has 5 heteroatoms. The van der Waals surface area contributed by atoms with E-state index in [9.17, 15) is 4.79 Å². The minimum absolute atomic E-state index is 0.107. The molecule has 94 valence electrons. The lowest BCUT2D eigenvalue weighted by atomic mass is 10.0. The van der Waals surface area contributed by atoms with Gasteiger partial charge in [-0.3, -0.25) is 4.79 Å². The van der Waals surface area contributed by atoms with Crippen LogP contribution >= 0.6 is 11.3 Å². The molecule has 17 heavy (non-hydrogen) atoms. The Morgan fingerprint density at radius 3 is 2.94 bits per heavy atom. The Morgan fingerprint density at radius 2 is 2.29 bits per heavy atom. The SMILES string of the molecule is Nc1nc(C(=O)NCCCC2CCCC2)cs1. The number of nitrogens with two attached hydrogens (primary N) is 1. The quantitative estimate of drug-likeness (QED) is 0.792. The van der Waals surface area contributed by atoms with Crippen LogP contribution in [0.2, 0.25) is 0 Å². The van der Waals surface area contributed by atoms with Gasteiger partial charge in [-0.15, -0.1) is 11.3 Å². The summed E-state index contributed by atoms with van der Waals surface area (Å²) in [6, 6.07) is 0. The molecule has 1 fully saturated rings. The topological polar surface area (TPSA) is 68.0 Å². The minimum atomic E-state index is -0.107. The van der Waals surface area contributed by atoms with Crippen LogP contribution in [0.3, 0.4) is 0 Å². The first-order valence-electron chi connectivity index (χ1n) is 6.25. The Bertz CT molecular complexity index is 372. The minimum Gasteiger partial charge on any atom is -0.375 e. The fraction of sp³-hybridized carbons (Fsp3) is 0.667. The number of carbonyl (C=O) groups is 1. The number of nitrogens with zero attached hydrogens (tertiary/aromatic N) is 1. The van der Waals surface area contributed by atoms with Gasteiger partial charge in [-0.2, -0.15) is 0 Å². The highest BCUT2D eigenvalue weighted by atomic mass is 32.1. The molecule has 2 rings (SSSR count). The first-order valence-corrected chi connectivity index (χ1v) is 7.13. The summed E-state index contributed by atoms with van der Waals surface area (Å²) in [6.45, 7) is 0.743. The molecule has 0 aromatic carbocycles. The molecule has 0 aliphatic heterocycles. The number of aromatic nitrogens is 1. The molecule has 1 aliphatic rings. The number of rotatable bonds is 5. The van der Waals surface area contributed by atoms with Crippen molar-refractivity contribution in [3.63, 3.8) is 0 Å². The lowest BCUT2D eigenvalue weighted by molar-refractivity contribution is 0.0948. The Labute approximate surface area is 106 Å². The van der Waals surface area contributed by atoms with Crippen LogP contribution in [0.5, 0.6) is 0 Å². The number of nitrogens with one attached hydrogen (secondary N) is 1. The molecule has 1 aromatic rings. The van der Waals surface area contributed by atoms with Crippen LogP contribution in [-0.4, -0.2) is 17.4 Å². The predicted molar refractivity (Wildman–Crippen MR) is 70.1 cm³/mol. The van der Waals surface area contributed by atoms with E-state index in [1.54, 1.807) is 5.38 Å². The van der Waals surface area contributed by atoms with Crippen molar-refractivity contribution < 1.29 is 4.79 Å². The molecule has 3 N–H and O–H groups in total. The summed E-state index contributed by atoms with van der Waals surface area (Å²) in [7, 11) is 0. The Kier molecular flexibility index (Phi) is 4.36. The number of amides is 1. The van der Waals surface area contributed by atoms with Gasteiger partial charge >= 0.3 is 0 Å². The van der Waals surface area contributed by atoms with Crippen molar-refractivity contribution in [2.75, 3.05) is 12.3 Å². The molecule has 0 bridgehead atoms. The largest absolute Gasteiger partial charge is 0.375 e. The van der Waals surface area contributed by atoms with Gasteiger partial charge in [0.25, 0.3) is 5.91 Å². The summed E-state index contributed by atoms with van der Waals surface area (Å²) in [5.74, 6) is 0.784. The molecule has 1 amide bonds. The standard InChI is InChI=1S/C12H19N3OS/c13-12-15-10(8-17-12)11(16)14-7-3-6-9-4-1-2-5-9/h8-9H,1-7H2,(H2,13,15)(H,14,16). The molecular formula is C12H19N3OS. The zero-order chi connectivity index (χ0) is 12.1. The molecule has 1 aliphatic carbocycles. The van der Waals surface area contributed by atoms with Gasteiger partial charge in [0.1, 0.15) is 5.69 Å². The van der Waals surface area contributed by atoms with Gasteiger partial charge in [0.2, 0.25) is 0 Å². The summed E-state index contributed by atoms with van der Waals surface area (Å²) < 4.78 is 0. The number of thiazole rings is 1. The van der Waals surface area contributed by atoms with Crippen molar-refractivity contribution in [3.8, 4) is 0 Å². The second kappa shape index (κ2) is 6.00. The molecule has 1 aromatic heterocycles. The van der Waals surface area contributed by atoms with Gasteiger partial charge in [-0.1, -0.05) is 25.7 Å². The highest BCUT2D eigenvalue weighted by molar-refractivity contribution is 7.13. The Hall–Kier alpha value is -1.10. The van der Waals surface area contributed by atoms with E-state index >= 15 is 0 Å². The van der Waals surface area contributed by atoms with Gasteiger partial charge in [-0.25, -0.2) is 4.98 Å². The van der Waals surface area contributed by atoms with Crippen molar-refractivity contribution in [1.29, 1.82) is 0 Å². The second-order valence-corrected chi connectivity index (χ2v) is 5.51. The fourth-order valence-corrected chi connectivity index (χ4v) is 2.92. The molecule has 1 heterocycles. The normalized spacial score (nSPS) is 16.2. The van der Waals surface area contributed by atoms with Crippen molar-refractivity contribution in [1.82, 2.24) is 10.3 Å². The first kappa shape index (κ1) is 12.4. The molecule has 0 spiro atoms. The van der Waals surface area contributed by atoms with Crippen LogP contribution in [-0.2, 0) is 0 Å². The van der Waals surface area contributed by atoms with E-state index in [4.69, 9.17) is 5.73 Å². The Morgan fingerprint density at radius 1 is 1.53 bits per heavy atom. The summed E-state index contributed by atoms with van der Waals surface area (Å²) in [6.07, 6.45) is 7.81. The maximum Gasteiger partial charge on any atom is 0.270 e. The number of hydrogen-bond acceptors (Lipinski definition) is 4. The van der Waals surface area contributed by atoms with Crippen LogP contribution in [0.1, 0.15) is 49.0 Å². The molecule has 1 saturated carbocycles. The van der Waals surface area contributed by atoms with E-state index in [1.807, 2.05) is 0 Å². The highest BCUT2D eigenvalue weighted by Gasteiger charge is 2.14. The monoisotopic (exact) mass is 253 g/mol. The maximum atomic E-state index is 11.6. The van der Waals surface area contributed by atoms with Crippen molar-refractivity contribution in [2.24, 2.45) is 5.92 Å². The fourth-order valence-electron chi connectivity index (χ4n) is 2.37. The summed E-state index contributed by atoms with van der Waals surface area (Å²) in [4.78, 5) is 15.6. The van der Waals surface area contributed by atoms with E-state index < -0.39 is 0 Å². The third-order valence-electron chi connectivity index (χ3n) is 3.30. The zero-order valence-corrected chi connectivity index (χ0v) is 10.8. The van der Waals surface area contributed by atoms with E-state index in [2.05, 4.69) is 10.3 Å². The van der Waals surface area contributed by atoms with Gasteiger partial charge in [-0.05, 0) is 18.8 Å².